The van der Waals surface area contributed by atoms with Gasteiger partial charge in [-0.25, -0.2) is 4.98 Å². The third kappa shape index (κ3) is 14.9. The monoisotopic (exact) mass is 1110 g/mol. The van der Waals surface area contributed by atoms with Crippen LogP contribution in [0.25, 0.3) is 62.3 Å². The van der Waals surface area contributed by atoms with Crippen molar-refractivity contribution in [2.24, 2.45) is 0 Å². The highest BCUT2D eigenvalue weighted by atomic mass is 79.9. The minimum Gasteiger partial charge on any atom is -0.254 e. The number of thiophene rings is 4. The lowest BCUT2D eigenvalue weighted by atomic mass is 10.0. The van der Waals surface area contributed by atoms with Gasteiger partial charge in [-0.05, 0) is 142 Å². The molecule has 0 N–H and O–H groups in total. The number of nitrogens with zero attached hydrogens (tertiary/aromatic N) is 2. The van der Waals surface area contributed by atoms with Crippen LogP contribution >= 0.6 is 77.2 Å². The average molecular weight is 1120 g/mol. The normalized spacial score (nSPS) is 11.9. The molecule has 0 saturated carbocycles. The Bertz CT molecular complexity index is 2590. The summed E-state index contributed by atoms with van der Waals surface area (Å²) in [4.78, 5) is 18.9. The minimum absolute atomic E-state index is 1.000. The first-order valence-electron chi connectivity index (χ1n) is 26.9. The van der Waals surface area contributed by atoms with E-state index in [-0.39, 0.29) is 0 Å². The Morgan fingerprint density at radius 2 is 0.809 bits per heavy atom. The maximum absolute atomic E-state index is 5.52. The van der Waals surface area contributed by atoms with E-state index in [0.717, 1.165) is 47.8 Å². The fraction of sp³-hybridized carbons (Fsp3) is 0.533. The van der Waals surface area contributed by atoms with Gasteiger partial charge in [-0.2, -0.15) is 0 Å². The highest BCUT2D eigenvalue weighted by Gasteiger charge is 2.21. The van der Waals surface area contributed by atoms with Crippen LogP contribution in [-0.4, -0.2) is 9.97 Å². The van der Waals surface area contributed by atoms with Crippen molar-refractivity contribution in [3.63, 3.8) is 0 Å². The predicted molar refractivity (Wildman–Crippen MR) is 314 cm³/mol. The van der Waals surface area contributed by atoms with Gasteiger partial charge in [-0.15, -0.1) is 45.3 Å². The molecule has 1 aromatic carbocycles. The molecule has 0 saturated heterocycles. The summed E-state index contributed by atoms with van der Waals surface area (Å²) in [7, 11) is 0. The SMILES string of the molecule is CCCCCCCCc1cc(-c2sc(-c3ccc4ccc5c(-c6cc(CCCCCCCC)c(-c7cc(CCCCCCCC)c(Br)s7)s6)ccnc5c4n3)cc2CCCCCCCC)sc1Br. The van der Waals surface area contributed by atoms with Gasteiger partial charge >= 0.3 is 0 Å². The van der Waals surface area contributed by atoms with Crippen LogP contribution in [0, 0.1) is 0 Å². The van der Waals surface area contributed by atoms with Crippen molar-refractivity contribution in [1.82, 2.24) is 9.97 Å². The van der Waals surface area contributed by atoms with Gasteiger partial charge in [0, 0.05) is 46.9 Å². The van der Waals surface area contributed by atoms with E-state index >= 15 is 0 Å². The molecule has 0 spiro atoms. The van der Waals surface area contributed by atoms with Crippen molar-refractivity contribution < 1.29 is 0 Å². The largest absolute Gasteiger partial charge is 0.254 e. The Morgan fingerprint density at radius 3 is 1.31 bits per heavy atom. The summed E-state index contributed by atoms with van der Waals surface area (Å²) in [5.41, 5.74) is 10.3. The quantitative estimate of drug-likeness (QED) is 0.0310. The molecule has 0 atom stereocenters. The first-order valence-corrected chi connectivity index (χ1v) is 31.8. The highest BCUT2D eigenvalue weighted by molar-refractivity contribution is 9.11. The molecule has 0 fully saturated rings. The van der Waals surface area contributed by atoms with Crippen LogP contribution in [-0.2, 0) is 25.7 Å². The highest BCUT2D eigenvalue weighted by Crippen LogP contribution is 2.47. The Hall–Kier alpha value is -2.20. The smallest absolute Gasteiger partial charge is 0.0972 e. The molecule has 0 radical (unpaired) electrons. The summed E-state index contributed by atoms with van der Waals surface area (Å²) in [6.07, 6.45) is 38.3. The van der Waals surface area contributed by atoms with Crippen LogP contribution in [0.1, 0.15) is 204 Å². The summed E-state index contributed by atoms with van der Waals surface area (Å²) in [5, 5.41) is 2.34. The summed E-state index contributed by atoms with van der Waals surface area (Å²) < 4.78 is 2.62. The van der Waals surface area contributed by atoms with Crippen LogP contribution < -0.4 is 0 Å². The number of unbranched alkanes of at least 4 members (excludes halogenated alkanes) is 20. The number of aryl methyl sites for hydroxylation is 4. The van der Waals surface area contributed by atoms with Gasteiger partial charge in [0.05, 0.1) is 29.2 Å². The van der Waals surface area contributed by atoms with E-state index in [2.05, 4.69) is 114 Å². The van der Waals surface area contributed by atoms with E-state index in [1.807, 2.05) is 51.5 Å². The van der Waals surface area contributed by atoms with Crippen LogP contribution in [0.5, 0.6) is 0 Å². The van der Waals surface area contributed by atoms with E-state index in [9.17, 15) is 0 Å². The fourth-order valence-electron chi connectivity index (χ4n) is 9.82. The number of halogens is 2. The van der Waals surface area contributed by atoms with E-state index in [1.54, 1.807) is 0 Å². The summed E-state index contributed by atoms with van der Waals surface area (Å²) in [5.74, 6) is 0. The van der Waals surface area contributed by atoms with Crippen molar-refractivity contribution >= 4 is 99.0 Å². The van der Waals surface area contributed by atoms with Crippen molar-refractivity contribution in [1.29, 1.82) is 0 Å². The molecule has 68 heavy (non-hydrogen) atoms. The Balaban J connectivity index is 1.18. The van der Waals surface area contributed by atoms with Crippen LogP contribution in [0.3, 0.4) is 0 Å². The molecule has 0 unspecified atom stereocenters. The molecule has 0 aliphatic heterocycles. The van der Waals surface area contributed by atoms with Gasteiger partial charge in [-0.1, -0.05) is 174 Å². The second-order valence-electron chi connectivity index (χ2n) is 19.4. The lowest BCUT2D eigenvalue weighted by Gasteiger charge is -2.08. The molecule has 6 aromatic heterocycles. The maximum Gasteiger partial charge on any atom is 0.0972 e. The third-order valence-electron chi connectivity index (χ3n) is 13.9. The van der Waals surface area contributed by atoms with Crippen molar-refractivity contribution in [3.05, 3.63) is 90.6 Å². The summed E-state index contributed by atoms with van der Waals surface area (Å²) >= 11 is 15.8. The number of hydrogen-bond acceptors (Lipinski definition) is 6. The predicted octanol–water partition coefficient (Wildman–Crippen LogP) is 22.8. The molecule has 6 heterocycles. The van der Waals surface area contributed by atoms with E-state index in [0.29, 0.717) is 0 Å². The standard InChI is InChI=1S/C60H78Br2N2S4/c1-5-9-13-17-21-25-29-44-39-51(65-57(44)53-41-46(59(61)67-53)31-27-23-19-15-11-7-3)48-37-38-63-56-49(48)35-33-43-34-36-50(64-55(43)56)52-40-45(30-26-22-18-14-10-6-2)58(66-52)54-42-47(60(62)68-54)32-28-24-20-16-12-8-4/h33-42H,5-32H2,1-4H3. The molecule has 0 aliphatic rings. The van der Waals surface area contributed by atoms with Gasteiger partial charge in [0.2, 0.25) is 0 Å². The second kappa shape index (κ2) is 28.7. The van der Waals surface area contributed by atoms with E-state index in [1.165, 1.54) is 224 Å². The van der Waals surface area contributed by atoms with Crippen LogP contribution in [0.4, 0.5) is 0 Å². The fourth-order valence-corrected chi connectivity index (χ4v) is 16.1. The zero-order valence-corrected chi connectivity index (χ0v) is 48.3. The number of fused-ring (bicyclic) bond motifs is 3. The third-order valence-corrected chi connectivity index (χ3v) is 20.6. The zero-order chi connectivity index (χ0) is 47.5. The molecule has 8 heteroatoms. The lowest BCUT2D eigenvalue weighted by Crippen LogP contribution is -1.89. The summed E-state index contributed by atoms with van der Waals surface area (Å²) in [6.45, 7) is 9.22. The van der Waals surface area contributed by atoms with E-state index < -0.39 is 0 Å². The minimum atomic E-state index is 1.000. The van der Waals surface area contributed by atoms with Crippen molar-refractivity contribution in [3.8, 4) is 40.5 Å². The lowest BCUT2D eigenvalue weighted by molar-refractivity contribution is 0.607. The number of hydrogen-bond donors (Lipinski definition) is 0. The molecule has 2 nitrogen and oxygen atoms in total. The molecule has 0 amide bonds. The average Bonchev–Trinajstić information content (AvgIpc) is 4.15. The number of rotatable bonds is 32. The van der Waals surface area contributed by atoms with Gasteiger partial charge in [0.1, 0.15) is 0 Å². The number of pyridine rings is 2. The van der Waals surface area contributed by atoms with Gasteiger partial charge in [0.25, 0.3) is 0 Å². The van der Waals surface area contributed by atoms with Crippen LogP contribution in [0.15, 0.2) is 68.4 Å². The Kier molecular flexibility index (Phi) is 22.7. The number of aromatic nitrogens is 2. The Labute approximate surface area is 443 Å². The first-order chi connectivity index (χ1) is 33.4. The molecule has 0 aliphatic carbocycles. The zero-order valence-electron chi connectivity index (χ0n) is 41.9. The molecule has 7 aromatic rings. The van der Waals surface area contributed by atoms with Gasteiger partial charge < -0.3 is 0 Å². The van der Waals surface area contributed by atoms with Crippen molar-refractivity contribution in [2.45, 2.75) is 207 Å². The Morgan fingerprint density at radius 1 is 0.397 bits per heavy atom. The maximum atomic E-state index is 5.52. The van der Waals surface area contributed by atoms with E-state index in [4.69, 9.17) is 9.97 Å². The molecular weight excluding hydrogens is 1040 g/mol. The first kappa shape index (κ1) is 53.6. The number of benzene rings is 1. The second-order valence-corrected chi connectivity index (χ2v) is 26.3. The molecular formula is C60H78Br2N2S4. The topological polar surface area (TPSA) is 25.8 Å². The molecule has 366 valence electrons. The van der Waals surface area contributed by atoms with Gasteiger partial charge in [-0.3, -0.25) is 4.98 Å². The van der Waals surface area contributed by atoms with Crippen LogP contribution in [0.2, 0.25) is 0 Å². The molecule has 7 rings (SSSR count). The molecule has 0 bridgehead atoms. The van der Waals surface area contributed by atoms with Gasteiger partial charge in [0.15, 0.2) is 0 Å². The summed E-state index contributed by atoms with van der Waals surface area (Å²) in [6, 6.07) is 21.3. The van der Waals surface area contributed by atoms with Crippen molar-refractivity contribution in [2.75, 3.05) is 0 Å².